The lowest BCUT2D eigenvalue weighted by atomic mass is 10.1. The fraction of sp³-hybridized carbons (Fsp3) is 0.933. The van der Waals surface area contributed by atoms with Crippen LogP contribution < -0.4 is 0 Å². The first-order valence-corrected chi connectivity index (χ1v) is 11.1. The highest BCUT2D eigenvalue weighted by Crippen LogP contribution is 2.34. The van der Waals surface area contributed by atoms with Crippen LogP contribution in [0.1, 0.15) is 65.7 Å². The van der Waals surface area contributed by atoms with Gasteiger partial charge in [-0.15, -0.1) is 0 Å². The van der Waals surface area contributed by atoms with Crippen molar-refractivity contribution in [2.45, 2.75) is 83.2 Å². The van der Waals surface area contributed by atoms with Crippen LogP contribution in [0.5, 0.6) is 0 Å². The Bertz CT molecular complexity index is 269. The molecule has 0 amide bonds. The van der Waals surface area contributed by atoms with Crippen molar-refractivity contribution in [2.24, 2.45) is 0 Å². The van der Waals surface area contributed by atoms with E-state index in [4.69, 9.17) is 17.1 Å². The summed E-state index contributed by atoms with van der Waals surface area (Å²) in [7, 11) is -2.08. The van der Waals surface area contributed by atoms with Crippen LogP contribution in [0.4, 0.5) is 0 Å². The minimum atomic E-state index is -2.08. The van der Waals surface area contributed by atoms with Crippen LogP contribution in [0.15, 0.2) is 0 Å². The predicted molar refractivity (Wildman–Crippen MR) is 89.5 cm³/mol. The second-order valence-electron chi connectivity index (χ2n) is 5.74. The van der Waals surface area contributed by atoms with Crippen molar-refractivity contribution in [3.05, 3.63) is 0 Å². The molecule has 1 unspecified atom stereocenters. The fourth-order valence-corrected chi connectivity index (χ4v) is 5.45. The molecule has 114 valence electrons. The standard InChI is InChI=1S/C15H32O2SSi/c1-6-9-10-11-12-13-14(16)15(18,7-2)19(4,5)17-8-3/h18H,6-13H2,1-5H3. The molecule has 1 atom stereocenters. The third kappa shape index (κ3) is 5.60. The van der Waals surface area contributed by atoms with Gasteiger partial charge in [-0.2, -0.15) is 12.6 Å². The van der Waals surface area contributed by atoms with Crippen LogP contribution in [-0.4, -0.2) is 25.1 Å². The second kappa shape index (κ2) is 9.19. The van der Waals surface area contributed by atoms with Crippen molar-refractivity contribution in [2.75, 3.05) is 6.61 Å². The molecule has 0 N–H and O–H groups in total. The first kappa shape index (κ1) is 19.2. The van der Waals surface area contributed by atoms with E-state index in [-0.39, 0.29) is 0 Å². The summed E-state index contributed by atoms with van der Waals surface area (Å²) in [6.45, 7) is 11.1. The average molecular weight is 305 g/mol. The number of rotatable bonds is 11. The van der Waals surface area contributed by atoms with Crippen LogP contribution >= 0.6 is 12.6 Å². The molecule has 0 rings (SSSR count). The number of carbonyl (C=O) groups is 1. The second-order valence-corrected chi connectivity index (χ2v) is 11.1. The smallest absolute Gasteiger partial charge is 0.209 e. The Hall–Kier alpha value is 0.197. The summed E-state index contributed by atoms with van der Waals surface area (Å²) in [4.78, 5) is 12.5. The van der Waals surface area contributed by atoms with Gasteiger partial charge in [0, 0.05) is 13.0 Å². The molecule has 4 heteroatoms. The van der Waals surface area contributed by atoms with Gasteiger partial charge >= 0.3 is 0 Å². The van der Waals surface area contributed by atoms with Gasteiger partial charge in [0.1, 0.15) is 5.78 Å². The molecule has 0 aliphatic carbocycles. The Labute approximate surface area is 126 Å². The molecule has 0 aromatic heterocycles. The average Bonchev–Trinajstić information content (AvgIpc) is 2.36. The van der Waals surface area contributed by atoms with Gasteiger partial charge in [-0.1, -0.05) is 39.5 Å². The molecular formula is C15H32O2SSi. The van der Waals surface area contributed by atoms with Gasteiger partial charge in [0.2, 0.25) is 8.32 Å². The molecule has 2 nitrogen and oxygen atoms in total. The summed E-state index contributed by atoms with van der Waals surface area (Å²) in [5.41, 5.74) is 0. The quantitative estimate of drug-likeness (QED) is 0.338. The van der Waals surface area contributed by atoms with Crippen molar-refractivity contribution in [3.8, 4) is 0 Å². The Morgan fingerprint density at radius 1 is 1.11 bits per heavy atom. The largest absolute Gasteiger partial charge is 0.416 e. The maximum Gasteiger partial charge on any atom is 0.209 e. The Kier molecular flexibility index (Phi) is 9.29. The van der Waals surface area contributed by atoms with Gasteiger partial charge in [-0.05, 0) is 32.9 Å². The van der Waals surface area contributed by atoms with Crippen molar-refractivity contribution in [1.82, 2.24) is 0 Å². The molecule has 0 saturated heterocycles. The number of hydrogen-bond donors (Lipinski definition) is 1. The molecule has 19 heavy (non-hydrogen) atoms. The summed E-state index contributed by atoms with van der Waals surface area (Å²) in [6, 6.07) is 0. The number of thiol groups is 1. The maximum absolute atomic E-state index is 12.5. The minimum absolute atomic E-state index is 0.292. The zero-order valence-corrected chi connectivity index (χ0v) is 15.3. The molecule has 0 bridgehead atoms. The van der Waals surface area contributed by atoms with E-state index in [2.05, 4.69) is 26.9 Å². The third-order valence-corrected chi connectivity index (χ3v) is 9.80. The highest BCUT2D eigenvalue weighted by Gasteiger charge is 2.49. The third-order valence-electron chi connectivity index (χ3n) is 3.98. The molecule has 0 aliphatic heterocycles. The summed E-state index contributed by atoms with van der Waals surface area (Å²) >= 11 is 4.76. The van der Waals surface area contributed by atoms with E-state index in [1.165, 1.54) is 19.3 Å². The van der Waals surface area contributed by atoms with E-state index in [0.717, 1.165) is 19.3 Å². The van der Waals surface area contributed by atoms with Gasteiger partial charge in [0.25, 0.3) is 0 Å². The molecule has 0 radical (unpaired) electrons. The highest BCUT2D eigenvalue weighted by atomic mass is 32.1. The van der Waals surface area contributed by atoms with Crippen LogP contribution in [-0.2, 0) is 9.22 Å². The molecular weight excluding hydrogens is 272 g/mol. The summed E-state index contributed by atoms with van der Waals surface area (Å²) in [5.74, 6) is 0.292. The SMILES string of the molecule is CCCCCCCC(=O)C(S)(CC)[Si](C)(C)OCC. The van der Waals surface area contributed by atoms with Crippen molar-refractivity contribution in [3.63, 3.8) is 0 Å². The van der Waals surface area contributed by atoms with Crippen LogP contribution in [0.3, 0.4) is 0 Å². The molecule has 0 aliphatic rings. The molecule has 0 heterocycles. The Balaban J connectivity index is 4.44. The van der Waals surface area contributed by atoms with Crippen LogP contribution in [0.25, 0.3) is 0 Å². The van der Waals surface area contributed by atoms with Crippen LogP contribution in [0, 0.1) is 0 Å². The van der Waals surface area contributed by atoms with Gasteiger partial charge in [0.05, 0.1) is 4.37 Å². The number of carbonyl (C=O) groups excluding carboxylic acids is 1. The lowest BCUT2D eigenvalue weighted by Crippen LogP contribution is -2.57. The van der Waals surface area contributed by atoms with Crippen molar-refractivity contribution < 1.29 is 9.22 Å². The van der Waals surface area contributed by atoms with E-state index < -0.39 is 12.7 Å². The number of hydrogen-bond acceptors (Lipinski definition) is 3. The van der Waals surface area contributed by atoms with Crippen LogP contribution in [0.2, 0.25) is 13.1 Å². The lowest BCUT2D eigenvalue weighted by Gasteiger charge is -2.39. The molecule has 0 aromatic carbocycles. The summed E-state index contributed by atoms with van der Waals surface area (Å²) in [5, 5.41) is 0. The summed E-state index contributed by atoms with van der Waals surface area (Å²) < 4.78 is 5.36. The zero-order chi connectivity index (χ0) is 14.9. The minimum Gasteiger partial charge on any atom is -0.416 e. The molecule has 0 saturated carbocycles. The summed E-state index contributed by atoms with van der Waals surface area (Å²) in [6.07, 6.45) is 7.33. The van der Waals surface area contributed by atoms with Gasteiger partial charge in [-0.25, -0.2) is 0 Å². The van der Waals surface area contributed by atoms with Crippen molar-refractivity contribution >= 4 is 26.7 Å². The van der Waals surface area contributed by atoms with Gasteiger partial charge in [0.15, 0.2) is 0 Å². The lowest BCUT2D eigenvalue weighted by molar-refractivity contribution is -0.120. The van der Waals surface area contributed by atoms with E-state index in [1.54, 1.807) is 0 Å². The predicted octanol–water partition coefficient (Wildman–Crippen LogP) is 4.78. The number of Topliss-reactive ketones (excluding diaryl/α,β-unsaturated/α-hetero) is 1. The zero-order valence-electron chi connectivity index (χ0n) is 13.4. The molecule has 0 fully saturated rings. The first-order valence-electron chi connectivity index (χ1n) is 7.75. The Morgan fingerprint density at radius 3 is 2.16 bits per heavy atom. The van der Waals surface area contributed by atoms with E-state index in [1.807, 2.05) is 6.92 Å². The topological polar surface area (TPSA) is 26.3 Å². The number of ketones is 1. The van der Waals surface area contributed by atoms with E-state index in [9.17, 15) is 4.79 Å². The van der Waals surface area contributed by atoms with Gasteiger partial charge in [-0.3, -0.25) is 4.79 Å². The monoisotopic (exact) mass is 304 g/mol. The maximum atomic E-state index is 12.5. The normalized spacial score (nSPS) is 15.3. The van der Waals surface area contributed by atoms with E-state index in [0.29, 0.717) is 18.8 Å². The molecule has 0 aromatic rings. The first-order chi connectivity index (χ1) is 8.85. The fourth-order valence-electron chi connectivity index (χ4n) is 2.53. The number of unbranched alkanes of at least 4 members (excludes halogenated alkanes) is 4. The Morgan fingerprint density at radius 2 is 1.68 bits per heavy atom. The highest BCUT2D eigenvalue weighted by molar-refractivity contribution is 7.85. The molecule has 0 spiro atoms. The van der Waals surface area contributed by atoms with Crippen molar-refractivity contribution in [1.29, 1.82) is 0 Å². The van der Waals surface area contributed by atoms with Gasteiger partial charge < -0.3 is 4.43 Å². The van der Waals surface area contributed by atoms with E-state index >= 15 is 0 Å².